The van der Waals surface area contributed by atoms with Crippen LogP contribution in [0.1, 0.15) is 40.8 Å². The van der Waals surface area contributed by atoms with Gasteiger partial charge in [-0.25, -0.2) is 4.98 Å². The number of carbonyl (C=O) groups is 1. The van der Waals surface area contributed by atoms with E-state index in [1.54, 1.807) is 7.11 Å². The zero-order valence-electron chi connectivity index (χ0n) is 14.0. The van der Waals surface area contributed by atoms with Crippen molar-refractivity contribution in [1.29, 1.82) is 0 Å². The van der Waals surface area contributed by atoms with Gasteiger partial charge in [-0.05, 0) is 31.9 Å². The molecule has 1 fully saturated rings. The second-order valence-corrected chi connectivity index (χ2v) is 6.06. The summed E-state index contributed by atoms with van der Waals surface area (Å²) in [6.45, 7) is 1.89. The highest BCUT2D eigenvalue weighted by Gasteiger charge is 2.29. The quantitative estimate of drug-likeness (QED) is 0.742. The molecule has 0 saturated heterocycles. The van der Waals surface area contributed by atoms with Crippen molar-refractivity contribution in [3.63, 3.8) is 0 Å². The normalized spacial score (nSPS) is 13.7. The molecule has 7 heteroatoms. The number of H-pyrrole nitrogens is 1. The van der Waals surface area contributed by atoms with E-state index in [4.69, 9.17) is 9.15 Å². The second-order valence-electron chi connectivity index (χ2n) is 6.06. The van der Waals surface area contributed by atoms with E-state index in [9.17, 15) is 4.79 Å². The van der Waals surface area contributed by atoms with Crippen LogP contribution < -0.4 is 10.1 Å². The third kappa shape index (κ3) is 2.88. The third-order valence-electron chi connectivity index (χ3n) is 4.29. The number of amides is 1. The highest BCUT2D eigenvalue weighted by Crippen LogP contribution is 2.39. The van der Waals surface area contributed by atoms with Gasteiger partial charge in [0.05, 0.1) is 19.0 Å². The summed E-state index contributed by atoms with van der Waals surface area (Å²) < 4.78 is 10.9. The van der Waals surface area contributed by atoms with E-state index in [-0.39, 0.29) is 11.7 Å². The van der Waals surface area contributed by atoms with Gasteiger partial charge in [0.1, 0.15) is 5.75 Å². The van der Waals surface area contributed by atoms with Crippen LogP contribution in [0.5, 0.6) is 5.75 Å². The Morgan fingerprint density at radius 1 is 1.36 bits per heavy atom. The van der Waals surface area contributed by atoms with Crippen molar-refractivity contribution in [1.82, 2.24) is 15.2 Å². The number of para-hydroxylation sites is 1. The average molecular weight is 338 g/mol. The maximum absolute atomic E-state index is 12.4. The molecule has 2 heterocycles. The molecular weight excluding hydrogens is 320 g/mol. The Kier molecular flexibility index (Phi) is 3.76. The molecule has 2 aromatic heterocycles. The smallest absolute Gasteiger partial charge is 0.294 e. The lowest BCUT2D eigenvalue weighted by atomic mass is 10.1. The molecule has 1 aliphatic rings. The summed E-state index contributed by atoms with van der Waals surface area (Å²) in [5.41, 5.74) is 2.50. The summed E-state index contributed by atoms with van der Waals surface area (Å²) in [6.07, 6.45) is 3.61. The molecule has 4 rings (SSSR count). The molecule has 7 nitrogen and oxygen atoms in total. The molecule has 0 aliphatic heterocycles. The van der Waals surface area contributed by atoms with Crippen molar-refractivity contribution in [2.24, 2.45) is 0 Å². The Morgan fingerprint density at radius 2 is 2.16 bits per heavy atom. The number of carbonyl (C=O) groups excluding carboxylic acids is 1. The second kappa shape index (κ2) is 6.08. The van der Waals surface area contributed by atoms with Crippen LogP contribution in [0.15, 0.2) is 34.9 Å². The fourth-order valence-corrected chi connectivity index (χ4v) is 2.71. The van der Waals surface area contributed by atoms with Gasteiger partial charge in [-0.2, -0.15) is 5.10 Å². The number of hydrogen-bond acceptors (Lipinski definition) is 5. The van der Waals surface area contributed by atoms with Crippen LogP contribution in [-0.2, 0) is 0 Å². The van der Waals surface area contributed by atoms with Gasteiger partial charge in [0.2, 0.25) is 5.76 Å². The zero-order valence-corrected chi connectivity index (χ0v) is 14.0. The number of benzene rings is 1. The van der Waals surface area contributed by atoms with Crippen LogP contribution in [0.3, 0.4) is 0 Å². The third-order valence-corrected chi connectivity index (χ3v) is 4.29. The molecule has 0 atom stereocenters. The number of rotatable bonds is 5. The minimum absolute atomic E-state index is 0.197. The summed E-state index contributed by atoms with van der Waals surface area (Å²) >= 11 is 0. The lowest BCUT2D eigenvalue weighted by Crippen LogP contribution is -2.12. The van der Waals surface area contributed by atoms with Crippen LogP contribution in [-0.4, -0.2) is 28.2 Å². The Hall–Kier alpha value is -3.09. The van der Waals surface area contributed by atoms with Crippen molar-refractivity contribution >= 4 is 11.7 Å². The molecule has 0 spiro atoms. The molecule has 0 bridgehead atoms. The molecule has 0 radical (unpaired) electrons. The highest BCUT2D eigenvalue weighted by atomic mass is 16.5. The number of hydrogen-bond donors (Lipinski definition) is 2. The zero-order chi connectivity index (χ0) is 17.4. The van der Waals surface area contributed by atoms with Crippen molar-refractivity contribution in [2.45, 2.75) is 25.7 Å². The van der Waals surface area contributed by atoms with Gasteiger partial charge in [0, 0.05) is 17.0 Å². The number of anilines is 1. The van der Waals surface area contributed by atoms with Gasteiger partial charge in [-0.3, -0.25) is 9.89 Å². The SMILES string of the molecule is COc1ccccc1-c1[nH]nc(NC(=O)c2cnc(C3CC3)o2)c1C. The minimum Gasteiger partial charge on any atom is -0.496 e. The maximum Gasteiger partial charge on any atom is 0.294 e. The van der Waals surface area contributed by atoms with E-state index in [1.807, 2.05) is 31.2 Å². The van der Waals surface area contributed by atoms with Crippen molar-refractivity contribution < 1.29 is 13.9 Å². The van der Waals surface area contributed by atoms with E-state index in [2.05, 4.69) is 20.5 Å². The molecule has 1 amide bonds. The van der Waals surface area contributed by atoms with Crippen LogP contribution in [0.25, 0.3) is 11.3 Å². The fourth-order valence-electron chi connectivity index (χ4n) is 2.71. The van der Waals surface area contributed by atoms with E-state index in [1.165, 1.54) is 6.20 Å². The van der Waals surface area contributed by atoms with Crippen molar-refractivity contribution in [3.8, 4) is 17.0 Å². The predicted octanol–water partition coefficient (Wildman–Crippen LogP) is 3.51. The largest absolute Gasteiger partial charge is 0.496 e. The lowest BCUT2D eigenvalue weighted by molar-refractivity contribution is 0.0994. The van der Waals surface area contributed by atoms with Crippen LogP contribution >= 0.6 is 0 Å². The molecular formula is C18H18N4O3. The molecule has 2 N–H and O–H groups in total. The number of ether oxygens (including phenoxy) is 1. The summed E-state index contributed by atoms with van der Waals surface area (Å²) in [5, 5.41) is 9.95. The Morgan fingerprint density at radius 3 is 2.92 bits per heavy atom. The summed E-state index contributed by atoms with van der Waals surface area (Å²) in [5.74, 6) is 2.03. The Bertz CT molecular complexity index is 924. The lowest BCUT2D eigenvalue weighted by Gasteiger charge is -2.07. The van der Waals surface area contributed by atoms with Gasteiger partial charge >= 0.3 is 0 Å². The van der Waals surface area contributed by atoms with Crippen LogP contribution in [0.2, 0.25) is 0 Å². The number of aromatic amines is 1. The number of nitrogens with one attached hydrogen (secondary N) is 2. The number of nitrogens with zero attached hydrogens (tertiary/aromatic N) is 2. The summed E-state index contributed by atoms with van der Waals surface area (Å²) in [4.78, 5) is 16.5. The summed E-state index contributed by atoms with van der Waals surface area (Å²) in [6, 6.07) is 7.63. The molecule has 1 saturated carbocycles. The van der Waals surface area contributed by atoms with Crippen molar-refractivity contribution in [2.75, 3.05) is 12.4 Å². The summed E-state index contributed by atoms with van der Waals surface area (Å²) in [7, 11) is 1.62. The molecule has 3 aromatic rings. The predicted molar refractivity (Wildman–Crippen MR) is 91.7 cm³/mol. The first-order valence-corrected chi connectivity index (χ1v) is 8.12. The maximum atomic E-state index is 12.4. The van der Waals surface area contributed by atoms with Crippen LogP contribution in [0.4, 0.5) is 5.82 Å². The van der Waals surface area contributed by atoms with Gasteiger partial charge in [0.15, 0.2) is 11.7 Å². The van der Waals surface area contributed by atoms with Crippen molar-refractivity contribution in [3.05, 3.63) is 47.7 Å². The standard InChI is InChI=1S/C18H18N4O3/c1-10-15(12-5-3-4-6-13(12)24-2)21-22-16(10)20-17(23)14-9-19-18(25-14)11-7-8-11/h3-6,9,11H,7-8H2,1-2H3,(H2,20,21,22,23). The van der Waals surface area contributed by atoms with E-state index >= 15 is 0 Å². The first-order chi connectivity index (χ1) is 12.2. The first-order valence-electron chi connectivity index (χ1n) is 8.12. The Labute approximate surface area is 144 Å². The monoisotopic (exact) mass is 338 g/mol. The highest BCUT2D eigenvalue weighted by molar-refractivity contribution is 6.02. The van der Waals surface area contributed by atoms with Gasteiger partial charge in [0.25, 0.3) is 5.91 Å². The minimum atomic E-state index is -0.361. The molecule has 128 valence electrons. The first kappa shape index (κ1) is 15.4. The fraction of sp³-hybridized carbons (Fsp3) is 0.278. The topological polar surface area (TPSA) is 93.0 Å². The molecule has 1 aliphatic carbocycles. The van der Waals surface area contributed by atoms with Gasteiger partial charge < -0.3 is 14.5 Å². The molecule has 25 heavy (non-hydrogen) atoms. The van der Waals surface area contributed by atoms with E-state index < -0.39 is 0 Å². The van der Waals surface area contributed by atoms with E-state index in [0.717, 1.165) is 35.4 Å². The Balaban J connectivity index is 1.57. The van der Waals surface area contributed by atoms with E-state index in [0.29, 0.717) is 17.6 Å². The number of aromatic nitrogens is 3. The number of methoxy groups -OCH3 is 1. The van der Waals surface area contributed by atoms with Gasteiger partial charge in [-0.1, -0.05) is 12.1 Å². The van der Waals surface area contributed by atoms with Gasteiger partial charge in [-0.15, -0.1) is 0 Å². The number of oxazole rings is 1. The van der Waals surface area contributed by atoms with Crippen LogP contribution in [0, 0.1) is 6.92 Å². The molecule has 1 aromatic carbocycles. The molecule has 0 unspecified atom stereocenters. The average Bonchev–Trinajstić information content (AvgIpc) is 3.26.